The summed E-state index contributed by atoms with van der Waals surface area (Å²) in [5.41, 5.74) is 1.37. The molecular formula is C16H26O. The van der Waals surface area contributed by atoms with E-state index in [-0.39, 0.29) is 0 Å². The van der Waals surface area contributed by atoms with Crippen LogP contribution in [0.2, 0.25) is 0 Å². The van der Waals surface area contributed by atoms with Gasteiger partial charge in [0.2, 0.25) is 0 Å². The Labute approximate surface area is 106 Å². The van der Waals surface area contributed by atoms with Crippen LogP contribution in [0.3, 0.4) is 0 Å². The highest BCUT2D eigenvalue weighted by molar-refractivity contribution is 5.33. The van der Waals surface area contributed by atoms with E-state index in [4.69, 9.17) is 4.74 Å². The first-order valence-corrected chi connectivity index (χ1v) is 7.09. The average molecular weight is 234 g/mol. The largest absolute Gasteiger partial charge is 0.493 e. The first-order chi connectivity index (χ1) is 8.38. The fraction of sp³-hybridized carbons (Fsp3) is 0.625. The van der Waals surface area contributed by atoms with Crippen molar-refractivity contribution < 1.29 is 4.74 Å². The molecule has 0 bridgehead atoms. The number of para-hydroxylation sites is 1. The van der Waals surface area contributed by atoms with Gasteiger partial charge in [-0.05, 0) is 30.9 Å². The third kappa shape index (κ3) is 5.76. The molecule has 0 aliphatic heterocycles. The minimum absolute atomic E-state index is 0.864. The molecule has 0 saturated heterocycles. The molecular weight excluding hydrogens is 208 g/mol. The van der Waals surface area contributed by atoms with Crippen LogP contribution in [0.4, 0.5) is 0 Å². The number of unbranched alkanes of at least 4 members (excludes halogenated alkanes) is 4. The number of hydrogen-bond donors (Lipinski definition) is 0. The maximum atomic E-state index is 5.88. The molecule has 0 N–H and O–H groups in total. The van der Waals surface area contributed by atoms with Gasteiger partial charge in [-0.2, -0.15) is 0 Å². The molecule has 0 heterocycles. The highest BCUT2D eigenvalue weighted by atomic mass is 16.5. The van der Waals surface area contributed by atoms with Crippen molar-refractivity contribution >= 4 is 0 Å². The fourth-order valence-corrected chi connectivity index (χ4v) is 1.93. The van der Waals surface area contributed by atoms with Gasteiger partial charge in [0, 0.05) is 0 Å². The van der Waals surface area contributed by atoms with Crippen LogP contribution in [-0.2, 0) is 6.42 Å². The highest BCUT2D eigenvalue weighted by Gasteiger charge is 2.01. The van der Waals surface area contributed by atoms with Crippen LogP contribution in [0.1, 0.15) is 57.9 Å². The number of aryl methyl sites for hydroxylation is 1. The van der Waals surface area contributed by atoms with Crippen molar-refractivity contribution in [2.45, 2.75) is 58.8 Å². The minimum atomic E-state index is 0.864. The zero-order valence-electron chi connectivity index (χ0n) is 11.4. The Morgan fingerprint density at radius 3 is 2.41 bits per heavy atom. The maximum Gasteiger partial charge on any atom is 0.122 e. The Balaban J connectivity index is 2.35. The first-order valence-electron chi connectivity index (χ1n) is 7.09. The van der Waals surface area contributed by atoms with E-state index in [9.17, 15) is 0 Å². The zero-order chi connectivity index (χ0) is 12.3. The van der Waals surface area contributed by atoms with Gasteiger partial charge in [-0.15, -0.1) is 0 Å². The SMILES string of the molecule is CCCCCCOc1ccccc1CCCC. The smallest absolute Gasteiger partial charge is 0.122 e. The molecule has 0 unspecified atom stereocenters. The summed E-state index contributed by atoms with van der Waals surface area (Å²) in [4.78, 5) is 0. The van der Waals surface area contributed by atoms with Crippen LogP contribution >= 0.6 is 0 Å². The molecule has 0 amide bonds. The standard InChI is InChI=1S/C16H26O/c1-3-5-7-10-14-17-16-13-9-8-12-15(16)11-6-4-2/h8-9,12-13H,3-7,10-11,14H2,1-2H3. The molecule has 1 aromatic carbocycles. The van der Waals surface area contributed by atoms with Crippen LogP contribution in [0, 0.1) is 0 Å². The van der Waals surface area contributed by atoms with Crippen molar-refractivity contribution in [3.05, 3.63) is 29.8 Å². The van der Waals surface area contributed by atoms with Crippen molar-refractivity contribution in [2.24, 2.45) is 0 Å². The number of ether oxygens (including phenoxy) is 1. The summed E-state index contributed by atoms with van der Waals surface area (Å²) >= 11 is 0. The Bertz CT molecular complexity index is 293. The Kier molecular flexibility index (Phi) is 7.53. The Morgan fingerprint density at radius 2 is 1.65 bits per heavy atom. The van der Waals surface area contributed by atoms with E-state index >= 15 is 0 Å². The Hall–Kier alpha value is -0.980. The van der Waals surface area contributed by atoms with Gasteiger partial charge in [-0.25, -0.2) is 0 Å². The molecule has 1 rings (SSSR count). The normalized spacial score (nSPS) is 10.5. The van der Waals surface area contributed by atoms with Gasteiger partial charge in [0.05, 0.1) is 6.61 Å². The van der Waals surface area contributed by atoms with Crippen LogP contribution < -0.4 is 4.74 Å². The van der Waals surface area contributed by atoms with Crippen LogP contribution in [0.25, 0.3) is 0 Å². The fourth-order valence-electron chi connectivity index (χ4n) is 1.93. The predicted octanol–water partition coefficient (Wildman–Crippen LogP) is 4.99. The number of rotatable bonds is 9. The molecule has 0 spiro atoms. The average Bonchev–Trinajstić information content (AvgIpc) is 2.37. The van der Waals surface area contributed by atoms with Crippen molar-refractivity contribution in [3.8, 4) is 5.75 Å². The van der Waals surface area contributed by atoms with Crippen molar-refractivity contribution in [1.82, 2.24) is 0 Å². The highest BCUT2D eigenvalue weighted by Crippen LogP contribution is 2.20. The molecule has 0 atom stereocenters. The molecule has 17 heavy (non-hydrogen) atoms. The number of hydrogen-bond acceptors (Lipinski definition) is 1. The van der Waals surface area contributed by atoms with E-state index in [1.54, 1.807) is 0 Å². The predicted molar refractivity (Wildman–Crippen MR) is 74.7 cm³/mol. The molecule has 0 aromatic heterocycles. The quantitative estimate of drug-likeness (QED) is 0.547. The monoisotopic (exact) mass is 234 g/mol. The molecule has 1 aromatic rings. The summed E-state index contributed by atoms with van der Waals surface area (Å²) in [5.74, 6) is 1.09. The van der Waals surface area contributed by atoms with E-state index in [0.717, 1.165) is 18.8 Å². The van der Waals surface area contributed by atoms with Crippen molar-refractivity contribution in [3.63, 3.8) is 0 Å². The summed E-state index contributed by atoms with van der Waals surface area (Å²) in [7, 11) is 0. The third-order valence-electron chi connectivity index (χ3n) is 3.03. The van der Waals surface area contributed by atoms with Crippen LogP contribution in [-0.4, -0.2) is 6.61 Å². The second kappa shape index (κ2) is 9.09. The van der Waals surface area contributed by atoms with Crippen molar-refractivity contribution in [1.29, 1.82) is 0 Å². The van der Waals surface area contributed by atoms with Gasteiger partial charge in [0.25, 0.3) is 0 Å². The maximum absolute atomic E-state index is 5.88. The summed E-state index contributed by atoms with van der Waals surface area (Å²) in [6.45, 7) is 5.33. The topological polar surface area (TPSA) is 9.23 Å². The van der Waals surface area contributed by atoms with Crippen LogP contribution in [0.15, 0.2) is 24.3 Å². The molecule has 0 saturated carbocycles. The molecule has 1 nitrogen and oxygen atoms in total. The summed E-state index contributed by atoms with van der Waals surface area (Å²) in [5, 5.41) is 0. The van der Waals surface area contributed by atoms with E-state index in [0.29, 0.717) is 0 Å². The second-order valence-corrected chi connectivity index (χ2v) is 4.62. The Morgan fingerprint density at radius 1 is 0.882 bits per heavy atom. The zero-order valence-corrected chi connectivity index (χ0v) is 11.4. The lowest BCUT2D eigenvalue weighted by molar-refractivity contribution is 0.302. The first kappa shape index (κ1) is 14.1. The number of benzene rings is 1. The lowest BCUT2D eigenvalue weighted by Gasteiger charge is -2.11. The van der Waals surface area contributed by atoms with Gasteiger partial charge in [0.15, 0.2) is 0 Å². The molecule has 0 aliphatic carbocycles. The molecule has 0 fully saturated rings. The summed E-state index contributed by atoms with van der Waals surface area (Å²) in [6, 6.07) is 8.47. The van der Waals surface area contributed by atoms with E-state index in [2.05, 4.69) is 38.1 Å². The molecule has 0 radical (unpaired) electrons. The minimum Gasteiger partial charge on any atom is -0.493 e. The van der Waals surface area contributed by atoms with Crippen LogP contribution in [0.5, 0.6) is 5.75 Å². The van der Waals surface area contributed by atoms with E-state index < -0.39 is 0 Å². The van der Waals surface area contributed by atoms with Gasteiger partial charge in [-0.3, -0.25) is 0 Å². The second-order valence-electron chi connectivity index (χ2n) is 4.62. The van der Waals surface area contributed by atoms with Gasteiger partial charge >= 0.3 is 0 Å². The summed E-state index contributed by atoms with van der Waals surface area (Å²) in [6.07, 6.45) is 8.69. The molecule has 1 heteroatoms. The van der Waals surface area contributed by atoms with Crippen molar-refractivity contribution in [2.75, 3.05) is 6.61 Å². The third-order valence-corrected chi connectivity index (χ3v) is 3.03. The van der Waals surface area contributed by atoms with Gasteiger partial charge < -0.3 is 4.74 Å². The lowest BCUT2D eigenvalue weighted by atomic mass is 10.1. The van der Waals surface area contributed by atoms with Gasteiger partial charge in [-0.1, -0.05) is 57.7 Å². The van der Waals surface area contributed by atoms with Gasteiger partial charge in [0.1, 0.15) is 5.75 Å². The molecule has 0 aliphatic rings. The molecule has 96 valence electrons. The van der Waals surface area contributed by atoms with E-state index in [1.807, 2.05) is 0 Å². The lowest BCUT2D eigenvalue weighted by Crippen LogP contribution is -2.00. The van der Waals surface area contributed by atoms with E-state index in [1.165, 1.54) is 44.1 Å². The summed E-state index contributed by atoms with van der Waals surface area (Å²) < 4.78 is 5.88.